The summed E-state index contributed by atoms with van der Waals surface area (Å²) in [6, 6.07) is 13.8. The van der Waals surface area contributed by atoms with Gasteiger partial charge in [-0.3, -0.25) is 14.9 Å². The Morgan fingerprint density at radius 1 is 1.03 bits per heavy atom. The number of nitrogens with zero attached hydrogens (tertiary/aromatic N) is 1. The van der Waals surface area contributed by atoms with E-state index >= 15 is 0 Å². The first-order valence-electron chi connectivity index (χ1n) is 11.4. The van der Waals surface area contributed by atoms with Crippen LogP contribution < -0.4 is 10.6 Å². The van der Waals surface area contributed by atoms with Crippen molar-refractivity contribution in [3.05, 3.63) is 70.7 Å². The molecular weight excluding hydrogens is 486 g/mol. The third-order valence-electron chi connectivity index (χ3n) is 5.29. The molecule has 0 saturated heterocycles. The Labute approximate surface area is 209 Å². The van der Waals surface area contributed by atoms with Gasteiger partial charge in [-0.15, -0.1) is 11.3 Å². The molecule has 186 valence electrons. The van der Waals surface area contributed by atoms with Gasteiger partial charge in [0.15, 0.2) is 15.0 Å². The number of carbonyl (C=O) groups excluding carboxylic acids is 1. The summed E-state index contributed by atoms with van der Waals surface area (Å²) in [6.07, 6.45) is 3.43. The lowest BCUT2D eigenvalue weighted by Crippen LogP contribution is -2.12. The standard InChI is InChI=1S/C25H29N3O5S2/c1-2-3-4-7-14-35(32,33)22-9-6-5-8-21(22)26-16-18-10-12-19(13-11-18)24(31)28-25-27-20(17-34-25)15-23(29)30/h5-6,8-13,17,26H,2-4,7,14-16H2,1H3,(H,29,30)(H,27,28,31). The largest absolute Gasteiger partial charge is 0.481 e. The van der Waals surface area contributed by atoms with E-state index in [2.05, 4.69) is 22.5 Å². The van der Waals surface area contributed by atoms with Crippen molar-refractivity contribution in [3.63, 3.8) is 0 Å². The van der Waals surface area contributed by atoms with E-state index in [1.165, 1.54) is 11.3 Å². The Balaban J connectivity index is 1.59. The molecule has 35 heavy (non-hydrogen) atoms. The first kappa shape index (κ1) is 26.4. The predicted octanol–water partition coefficient (Wildman–Crippen LogP) is 4.99. The minimum absolute atomic E-state index is 0.131. The Kier molecular flexibility index (Phi) is 9.39. The molecule has 10 heteroatoms. The Bertz CT molecular complexity index is 1250. The molecule has 3 aromatic rings. The summed E-state index contributed by atoms with van der Waals surface area (Å²) >= 11 is 1.17. The Morgan fingerprint density at radius 3 is 2.49 bits per heavy atom. The molecule has 0 saturated carbocycles. The van der Waals surface area contributed by atoms with Crippen LogP contribution in [0.1, 0.15) is 54.2 Å². The molecule has 0 bridgehead atoms. The number of carboxylic acid groups (broad SMARTS) is 1. The van der Waals surface area contributed by atoms with Gasteiger partial charge in [-0.2, -0.15) is 0 Å². The Morgan fingerprint density at radius 2 is 1.77 bits per heavy atom. The van der Waals surface area contributed by atoms with Crippen molar-refractivity contribution in [3.8, 4) is 0 Å². The molecular formula is C25H29N3O5S2. The molecule has 0 aliphatic carbocycles. The highest BCUT2D eigenvalue weighted by Gasteiger charge is 2.18. The van der Waals surface area contributed by atoms with E-state index in [0.717, 1.165) is 24.8 Å². The molecule has 1 heterocycles. The zero-order valence-corrected chi connectivity index (χ0v) is 21.1. The smallest absolute Gasteiger partial charge is 0.309 e. The molecule has 0 atom stereocenters. The van der Waals surface area contributed by atoms with Crippen LogP contribution in [-0.2, 0) is 27.6 Å². The second-order valence-electron chi connectivity index (χ2n) is 8.09. The zero-order valence-electron chi connectivity index (χ0n) is 19.5. The molecule has 0 aliphatic heterocycles. The second-order valence-corrected chi connectivity index (χ2v) is 11.0. The summed E-state index contributed by atoms with van der Waals surface area (Å²) in [5, 5.41) is 16.6. The summed E-state index contributed by atoms with van der Waals surface area (Å²) in [7, 11) is -3.38. The number of anilines is 2. The number of aliphatic carboxylic acids is 1. The van der Waals surface area contributed by atoms with Gasteiger partial charge in [0, 0.05) is 17.5 Å². The quantitative estimate of drug-likeness (QED) is 0.274. The van der Waals surface area contributed by atoms with Crippen LogP contribution in [-0.4, -0.2) is 36.1 Å². The van der Waals surface area contributed by atoms with Crippen LogP contribution in [0.15, 0.2) is 58.8 Å². The first-order chi connectivity index (χ1) is 16.8. The average Bonchev–Trinajstić information content (AvgIpc) is 3.27. The molecule has 8 nitrogen and oxygen atoms in total. The fraction of sp³-hybridized carbons (Fsp3) is 0.320. The first-order valence-corrected chi connectivity index (χ1v) is 13.9. The molecule has 0 fully saturated rings. The minimum Gasteiger partial charge on any atom is -0.481 e. The summed E-state index contributed by atoms with van der Waals surface area (Å²) in [5.74, 6) is -1.20. The predicted molar refractivity (Wildman–Crippen MR) is 138 cm³/mol. The number of benzene rings is 2. The highest BCUT2D eigenvalue weighted by molar-refractivity contribution is 7.91. The van der Waals surface area contributed by atoms with Crippen LogP contribution in [0.5, 0.6) is 0 Å². The lowest BCUT2D eigenvalue weighted by Gasteiger charge is -2.13. The molecule has 0 spiro atoms. The summed E-state index contributed by atoms with van der Waals surface area (Å²) in [4.78, 5) is 27.6. The van der Waals surface area contributed by atoms with E-state index in [4.69, 9.17) is 5.11 Å². The molecule has 0 aliphatic rings. The molecule has 3 N–H and O–H groups in total. The fourth-order valence-corrected chi connectivity index (χ4v) is 5.72. The summed E-state index contributed by atoms with van der Waals surface area (Å²) in [5.41, 5.74) is 2.27. The lowest BCUT2D eigenvalue weighted by molar-refractivity contribution is -0.136. The van der Waals surface area contributed by atoms with Crippen LogP contribution >= 0.6 is 11.3 Å². The third-order valence-corrected chi connectivity index (χ3v) is 7.95. The maximum atomic E-state index is 12.8. The van der Waals surface area contributed by atoms with Gasteiger partial charge in [0.05, 0.1) is 28.5 Å². The lowest BCUT2D eigenvalue weighted by atomic mass is 10.1. The van der Waals surface area contributed by atoms with Crippen molar-refractivity contribution in [2.45, 2.75) is 50.5 Å². The monoisotopic (exact) mass is 515 g/mol. The highest BCUT2D eigenvalue weighted by Crippen LogP contribution is 2.24. The van der Waals surface area contributed by atoms with Crippen LogP contribution in [0, 0.1) is 0 Å². The minimum atomic E-state index is -3.38. The van der Waals surface area contributed by atoms with Gasteiger partial charge in [0.2, 0.25) is 0 Å². The topological polar surface area (TPSA) is 125 Å². The number of sulfone groups is 1. The highest BCUT2D eigenvalue weighted by atomic mass is 32.2. The number of carbonyl (C=O) groups is 2. The number of nitrogens with one attached hydrogen (secondary N) is 2. The number of para-hydroxylation sites is 1. The fourth-order valence-electron chi connectivity index (χ4n) is 3.45. The maximum Gasteiger partial charge on any atom is 0.309 e. The van der Waals surface area contributed by atoms with Gasteiger partial charge < -0.3 is 10.4 Å². The van der Waals surface area contributed by atoms with E-state index in [1.54, 1.807) is 53.9 Å². The molecule has 2 aromatic carbocycles. The van der Waals surface area contributed by atoms with Crippen LogP contribution in [0.3, 0.4) is 0 Å². The number of unbranched alkanes of at least 4 members (excludes halogenated alkanes) is 3. The number of aromatic nitrogens is 1. The summed E-state index contributed by atoms with van der Waals surface area (Å²) < 4.78 is 25.7. The second kappa shape index (κ2) is 12.5. The van der Waals surface area contributed by atoms with Gasteiger partial charge in [-0.25, -0.2) is 13.4 Å². The SMILES string of the molecule is CCCCCCS(=O)(=O)c1ccccc1NCc1ccc(C(=O)Nc2nc(CC(=O)O)cs2)cc1. The average molecular weight is 516 g/mol. The van der Waals surface area contributed by atoms with Gasteiger partial charge in [0.1, 0.15) is 0 Å². The van der Waals surface area contributed by atoms with E-state index in [0.29, 0.717) is 39.9 Å². The molecule has 1 amide bonds. The van der Waals surface area contributed by atoms with Crippen molar-refractivity contribution < 1.29 is 23.1 Å². The van der Waals surface area contributed by atoms with Crippen LogP contribution in [0.4, 0.5) is 10.8 Å². The molecule has 0 radical (unpaired) electrons. The Hall–Kier alpha value is -3.24. The van der Waals surface area contributed by atoms with Gasteiger partial charge >= 0.3 is 5.97 Å². The van der Waals surface area contributed by atoms with E-state index in [-0.39, 0.29) is 18.1 Å². The number of thiazole rings is 1. The van der Waals surface area contributed by atoms with Crippen molar-refractivity contribution >= 4 is 43.9 Å². The molecule has 1 aromatic heterocycles. The van der Waals surface area contributed by atoms with Gasteiger partial charge in [0.25, 0.3) is 5.91 Å². The summed E-state index contributed by atoms with van der Waals surface area (Å²) in [6.45, 7) is 2.49. The number of amides is 1. The normalized spacial score (nSPS) is 11.2. The van der Waals surface area contributed by atoms with Crippen molar-refractivity contribution in [1.29, 1.82) is 0 Å². The van der Waals surface area contributed by atoms with Crippen molar-refractivity contribution in [1.82, 2.24) is 4.98 Å². The van der Waals surface area contributed by atoms with Crippen molar-refractivity contribution in [2.24, 2.45) is 0 Å². The van der Waals surface area contributed by atoms with E-state index < -0.39 is 15.8 Å². The number of hydrogen-bond acceptors (Lipinski definition) is 7. The van der Waals surface area contributed by atoms with E-state index in [9.17, 15) is 18.0 Å². The zero-order chi connectivity index (χ0) is 25.3. The van der Waals surface area contributed by atoms with E-state index in [1.807, 2.05) is 0 Å². The van der Waals surface area contributed by atoms with Gasteiger partial charge in [-0.05, 0) is 36.2 Å². The number of carboxylic acids is 1. The molecule has 0 unspecified atom stereocenters. The van der Waals surface area contributed by atoms with Crippen LogP contribution in [0.25, 0.3) is 0 Å². The number of rotatable bonds is 13. The number of hydrogen-bond donors (Lipinski definition) is 3. The van der Waals surface area contributed by atoms with Gasteiger partial charge in [-0.1, -0.05) is 50.5 Å². The third kappa shape index (κ3) is 7.90. The molecule has 3 rings (SSSR count). The maximum absolute atomic E-state index is 12.8. The van der Waals surface area contributed by atoms with Crippen molar-refractivity contribution in [2.75, 3.05) is 16.4 Å². The van der Waals surface area contributed by atoms with Crippen LogP contribution in [0.2, 0.25) is 0 Å².